The van der Waals surface area contributed by atoms with Crippen molar-refractivity contribution in [2.24, 2.45) is 0 Å². The van der Waals surface area contributed by atoms with Crippen LogP contribution in [-0.4, -0.2) is 56.4 Å². The molecule has 0 N–H and O–H groups in total. The largest absolute Gasteiger partial charge is 0.451 e. The molecule has 0 bridgehead atoms. The molecule has 2 aliphatic heterocycles. The summed E-state index contributed by atoms with van der Waals surface area (Å²) in [6.07, 6.45) is 4.51. The second-order valence-electron chi connectivity index (χ2n) is 10.3. The predicted molar refractivity (Wildman–Crippen MR) is 143 cm³/mol. The lowest BCUT2D eigenvalue weighted by Gasteiger charge is -2.37. The van der Waals surface area contributed by atoms with Crippen LogP contribution in [0.25, 0.3) is 0 Å². The van der Waals surface area contributed by atoms with Crippen LogP contribution in [0.3, 0.4) is 0 Å². The van der Waals surface area contributed by atoms with Crippen molar-refractivity contribution in [2.45, 2.75) is 48.7 Å². The maximum absolute atomic E-state index is 13.9. The lowest BCUT2D eigenvalue weighted by Crippen LogP contribution is -2.58. The van der Waals surface area contributed by atoms with Gasteiger partial charge >= 0.3 is 5.97 Å². The molecule has 204 valence electrons. The average Bonchev–Trinajstić information content (AvgIpc) is 3.45. The summed E-state index contributed by atoms with van der Waals surface area (Å²) >= 11 is 0. The van der Waals surface area contributed by atoms with Crippen molar-refractivity contribution in [3.63, 3.8) is 0 Å². The first kappa shape index (κ1) is 25.9. The molecule has 0 saturated carbocycles. The Labute approximate surface area is 231 Å². The molecule has 3 atom stereocenters. The number of rotatable bonds is 8. The normalized spacial score (nSPS) is 23.1. The minimum Gasteiger partial charge on any atom is -0.451 e. The number of amides is 1. The molecule has 4 heterocycles. The molecular formula is C29H28N5O5S+. The first-order valence-electron chi connectivity index (χ1n) is 13.0. The van der Waals surface area contributed by atoms with Crippen LogP contribution in [0.4, 0.5) is 0 Å². The molecule has 6 rings (SSSR count). The van der Waals surface area contributed by atoms with E-state index in [2.05, 4.69) is 10.3 Å². The Morgan fingerprint density at radius 3 is 2.23 bits per heavy atom. The van der Waals surface area contributed by atoms with E-state index in [4.69, 9.17) is 4.74 Å². The van der Waals surface area contributed by atoms with E-state index in [9.17, 15) is 18.0 Å². The minimum atomic E-state index is -3.96. The highest BCUT2D eigenvalue weighted by Gasteiger charge is 2.70. The van der Waals surface area contributed by atoms with Gasteiger partial charge in [0.15, 0.2) is 40.9 Å². The zero-order valence-electron chi connectivity index (χ0n) is 21.8. The molecule has 2 aromatic carbocycles. The molecular weight excluding hydrogens is 530 g/mol. The first-order chi connectivity index (χ1) is 19.3. The van der Waals surface area contributed by atoms with Crippen LogP contribution in [0.5, 0.6) is 0 Å². The van der Waals surface area contributed by atoms with Gasteiger partial charge in [0.1, 0.15) is 15.8 Å². The van der Waals surface area contributed by atoms with E-state index in [-0.39, 0.29) is 13.0 Å². The molecule has 0 spiro atoms. The van der Waals surface area contributed by atoms with Crippen LogP contribution in [-0.2, 0) is 37.3 Å². The number of hydrogen-bond donors (Lipinski definition) is 0. The van der Waals surface area contributed by atoms with Crippen molar-refractivity contribution < 1.29 is 27.3 Å². The summed E-state index contributed by atoms with van der Waals surface area (Å²) in [6, 6.07) is 22.8. The highest BCUT2D eigenvalue weighted by molar-refractivity contribution is 7.93. The van der Waals surface area contributed by atoms with Gasteiger partial charge in [0.05, 0.1) is 19.2 Å². The molecule has 2 aliphatic rings. The fourth-order valence-electron chi connectivity index (χ4n) is 5.57. The van der Waals surface area contributed by atoms with Gasteiger partial charge in [-0.2, -0.15) is 4.57 Å². The number of carbonyl (C=O) groups is 2. The SMILES string of the molecule is C[C@]1(Cn2cc(C[n+]3ccccc3)nn2)[C@H](C(=O)OC(c2ccccc2)c2ccccc2)N2C(=O)C[C@H]2S1(=O)=O. The van der Waals surface area contributed by atoms with E-state index in [1.165, 1.54) is 16.5 Å². The topological polar surface area (TPSA) is 115 Å². The van der Waals surface area contributed by atoms with E-state index in [1.54, 1.807) is 6.20 Å². The number of benzene rings is 2. The molecule has 0 aliphatic carbocycles. The standard InChI is InChI=1S/C29H28N5O5S/c1-29(20-33-19-23(30-31-33)18-32-15-9-4-10-16-32)27(34-24(35)17-25(34)40(29,37)38)28(36)39-26(21-11-5-2-6-12-21)22-13-7-3-8-14-22/h2-16,19,25-27H,17-18,20H2,1H3/q+1/t25-,27+,29+/m1/s1. The van der Waals surface area contributed by atoms with Crippen molar-refractivity contribution in [1.82, 2.24) is 19.9 Å². The van der Waals surface area contributed by atoms with Crippen LogP contribution < -0.4 is 4.57 Å². The Kier molecular flexibility index (Phi) is 6.46. The van der Waals surface area contributed by atoms with Gasteiger partial charge in [-0.15, -0.1) is 5.10 Å². The minimum absolute atomic E-state index is 0.157. The van der Waals surface area contributed by atoms with Gasteiger partial charge in [0, 0.05) is 12.1 Å². The van der Waals surface area contributed by atoms with Crippen molar-refractivity contribution in [1.29, 1.82) is 0 Å². The van der Waals surface area contributed by atoms with Gasteiger partial charge < -0.3 is 9.64 Å². The summed E-state index contributed by atoms with van der Waals surface area (Å²) in [5.74, 6) is -1.17. The number of nitrogens with zero attached hydrogens (tertiary/aromatic N) is 5. The molecule has 0 radical (unpaired) electrons. The summed E-state index contributed by atoms with van der Waals surface area (Å²) in [5, 5.41) is 7.29. The number of esters is 1. The summed E-state index contributed by atoms with van der Waals surface area (Å²) in [4.78, 5) is 27.8. The van der Waals surface area contributed by atoms with Gasteiger partial charge in [-0.25, -0.2) is 13.2 Å². The van der Waals surface area contributed by atoms with E-state index < -0.39 is 44.0 Å². The summed E-state index contributed by atoms with van der Waals surface area (Å²) in [7, 11) is -3.96. The summed E-state index contributed by atoms with van der Waals surface area (Å²) in [5.41, 5.74) is 2.09. The first-order valence-corrected chi connectivity index (χ1v) is 14.5. The molecule has 11 heteroatoms. The Hall–Kier alpha value is -4.38. The lowest BCUT2D eigenvalue weighted by atomic mass is 9.95. The lowest BCUT2D eigenvalue weighted by molar-refractivity contribution is -0.688. The molecule has 1 amide bonds. The molecule has 4 aromatic rings. The maximum atomic E-state index is 13.9. The molecule has 2 fully saturated rings. The van der Waals surface area contributed by atoms with E-state index in [1.807, 2.05) is 95.8 Å². The van der Waals surface area contributed by atoms with Gasteiger partial charge in [-0.1, -0.05) is 71.9 Å². The fourth-order valence-corrected chi connectivity index (χ4v) is 7.93. The van der Waals surface area contributed by atoms with Crippen LogP contribution in [0.15, 0.2) is 97.5 Å². The highest BCUT2D eigenvalue weighted by atomic mass is 32.2. The number of sulfone groups is 1. The zero-order valence-corrected chi connectivity index (χ0v) is 22.6. The number of fused-ring (bicyclic) bond motifs is 1. The van der Waals surface area contributed by atoms with Crippen LogP contribution in [0.1, 0.15) is 36.3 Å². The van der Waals surface area contributed by atoms with Crippen molar-refractivity contribution in [3.05, 3.63) is 114 Å². The number of aromatic nitrogens is 4. The van der Waals surface area contributed by atoms with E-state index in [0.717, 1.165) is 11.1 Å². The van der Waals surface area contributed by atoms with Gasteiger partial charge in [-0.05, 0) is 18.1 Å². The third kappa shape index (κ3) is 4.36. The zero-order chi connectivity index (χ0) is 27.9. The van der Waals surface area contributed by atoms with E-state index >= 15 is 0 Å². The third-order valence-corrected chi connectivity index (χ3v) is 10.4. The summed E-state index contributed by atoms with van der Waals surface area (Å²) < 4.78 is 35.3. The Morgan fingerprint density at radius 1 is 1.02 bits per heavy atom. The average molecular weight is 559 g/mol. The van der Waals surface area contributed by atoms with Crippen molar-refractivity contribution in [2.75, 3.05) is 0 Å². The molecule has 2 aromatic heterocycles. The van der Waals surface area contributed by atoms with Crippen molar-refractivity contribution >= 4 is 21.7 Å². The smallest absolute Gasteiger partial charge is 0.331 e. The Morgan fingerprint density at radius 2 is 1.62 bits per heavy atom. The number of pyridine rings is 1. The predicted octanol–water partition coefficient (Wildman–Crippen LogP) is 2.06. The number of hydrogen-bond acceptors (Lipinski definition) is 7. The highest BCUT2D eigenvalue weighted by Crippen LogP contribution is 2.47. The number of carbonyl (C=O) groups excluding carboxylic acids is 2. The maximum Gasteiger partial charge on any atom is 0.331 e. The number of β-lactam (4-membered cyclic amide) rings is 1. The second-order valence-corrected chi connectivity index (χ2v) is 12.9. The van der Waals surface area contributed by atoms with Crippen LogP contribution >= 0.6 is 0 Å². The van der Waals surface area contributed by atoms with Crippen LogP contribution in [0, 0.1) is 0 Å². The van der Waals surface area contributed by atoms with E-state index in [0.29, 0.717) is 12.2 Å². The molecule has 40 heavy (non-hydrogen) atoms. The molecule has 10 nitrogen and oxygen atoms in total. The fraction of sp³-hybridized carbons (Fsp3) is 0.276. The third-order valence-electron chi connectivity index (χ3n) is 7.66. The van der Waals surface area contributed by atoms with Gasteiger partial charge in [-0.3, -0.25) is 9.48 Å². The van der Waals surface area contributed by atoms with Crippen LogP contribution in [0.2, 0.25) is 0 Å². The Bertz CT molecular complexity index is 1610. The number of ether oxygens (including phenoxy) is 1. The van der Waals surface area contributed by atoms with Gasteiger partial charge in [0.25, 0.3) is 0 Å². The van der Waals surface area contributed by atoms with Gasteiger partial charge in [0.2, 0.25) is 5.91 Å². The monoisotopic (exact) mass is 558 g/mol. The summed E-state index contributed by atoms with van der Waals surface area (Å²) in [6.45, 7) is 1.77. The second kappa shape index (κ2) is 9.98. The Balaban J connectivity index is 1.32. The molecule has 0 unspecified atom stereocenters. The van der Waals surface area contributed by atoms with Crippen molar-refractivity contribution in [3.8, 4) is 0 Å². The molecule has 2 saturated heterocycles. The quantitative estimate of drug-likeness (QED) is 0.185.